The lowest BCUT2D eigenvalue weighted by atomic mass is 9.93. The fourth-order valence-electron chi connectivity index (χ4n) is 4.81. The molecule has 0 saturated carbocycles. The molecule has 5 rings (SSSR count). The molecule has 0 spiro atoms. The van der Waals surface area contributed by atoms with Crippen molar-refractivity contribution in [1.29, 1.82) is 0 Å². The maximum Gasteiger partial charge on any atom is 0.290 e. The van der Waals surface area contributed by atoms with Crippen molar-refractivity contribution in [2.24, 2.45) is 5.10 Å². The van der Waals surface area contributed by atoms with Crippen LogP contribution >= 0.6 is 0 Å². The first-order valence-electron chi connectivity index (χ1n) is 11.6. The number of nitrogens with one attached hydrogen (secondary N) is 1. The SMILES string of the molecule is COc1ccccc1C(=O)N/N=C1\CCCc2oc(C(=O)N3CCc4ccccc4C3)c(C)c21. The number of benzene rings is 2. The topological polar surface area (TPSA) is 84.1 Å². The molecule has 0 unspecified atom stereocenters. The molecule has 7 nitrogen and oxygen atoms in total. The van der Waals surface area contributed by atoms with E-state index in [9.17, 15) is 9.59 Å². The van der Waals surface area contributed by atoms with Gasteiger partial charge < -0.3 is 14.1 Å². The van der Waals surface area contributed by atoms with E-state index in [2.05, 4.69) is 22.7 Å². The minimum atomic E-state index is -0.346. The van der Waals surface area contributed by atoms with Crippen LogP contribution in [0.15, 0.2) is 58.0 Å². The summed E-state index contributed by atoms with van der Waals surface area (Å²) in [4.78, 5) is 27.9. The maximum atomic E-state index is 13.4. The Morgan fingerprint density at radius 1 is 1.03 bits per heavy atom. The maximum absolute atomic E-state index is 13.4. The number of furan rings is 1. The standard InChI is InChI=1S/C27H27N3O4/c1-17-24-21(28-29-26(31)20-10-5-6-12-22(20)33-2)11-7-13-23(24)34-25(17)27(32)30-15-14-18-8-3-4-9-19(18)16-30/h3-6,8-10,12H,7,11,13-16H2,1-2H3,(H,29,31)/b28-21+. The summed E-state index contributed by atoms with van der Waals surface area (Å²) in [6.07, 6.45) is 3.12. The average Bonchev–Trinajstić information content (AvgIpc) is 3.23. The van der Waals surface area contributed by atoms with Crippen molar-refractivity contribution in [3.63, 3.8) is 0 Å². The molecule has 34 heavy (non-hydrogen) atoms. The van der Waals surface area contributed by atoms with E-state index in [1.165, 1.54) is 18.2 Å². The molecule has 3 aromatic rings. The first kappa shape index (κ1) is 21.9. The second-order valence-electron chi connectivity index (χ2n) is 8.65. The van der Waals surface area contributed by atoms with Gasteiger partial charge in [-0.15, -0.1) is 0 Å². The molecule has 2 amide bonds. The van der Waals surface area contributed by atoms with Crippen LogP contribution in [0.5, 0.6) is 5.75 Å². The van der Waals surface area contributed by atoms with Gasteiger partial charge in [-0.2, -0.15) is 5.10 Å². The second-order valence-corrected chi connectivity index (χ2v) is 8.65. The zero-order valence-electron chi connectivity index (χ0n) is 19.4. The molecule has 0 bridgehead atoms. The van der Waals surface area contributed by atoms with E-state index in [-0.39, 0.29) is 11.8 Å². The van der Waals surface area contributed by atoms with Crippen LogP contribution in [0.1, 0.15) is 61.8 Å². The Labute approximate surface area is 198 Å². The zero-order valence-corrected chi connectivity index (χ0v) is 19.4. The Kier molecular flexibility index (Phi) is 5.92. The zero-order chi connectivity index (χ0) is 23.7. The van der Waals surface area contributed by atoms with Crippen LogP contribution < -0.4 is 10.2 Å². The van der Waals surface area contributed by atoms with Crippen LogP contribution in [-0.4, -0.2) is 36.1 Å². The highest BCUT2D eigenvalue weighted by atomic mass is 16.5. The van der Waals surface area contributed by atoms with E-state index in [0.717, 1.165) is 41.9 Å². The molecule has 0 atom stereocenters. The summed E-state index contributed by atoms with van der Waals surface area (Å²) in [5.41, 5.74) is 7.89. The lowest BCUT2D eigenvalue weighted by Crippen LogP contribution is -2.36. The highest BCUT2D eigenvalue weighted by Crippen LogP contribution is 2.31. The Morgan fingerprint density at radius 2 is 1.79 bits per heavy atom. The number of aryl methyl sites for hydroxylation is 1. The Hall–Kier alpha value is -3.87. The van der Waals surface area contributed by atoms with E-state index in [0.29, 0.717) is 36.6 Å². The monoisotopic (exact) mass is 457 g/mol. The number of hydrogen-bond acceptors (Lipinski definition) is 5. The number of carbonyl (C=O) groups excluding carboxylic acids is 2. The van der Waals surface area contributed by atoms with Crippen molar-refractivity contribution in [3.8, 4) is 5.75 Å². The summed E-state index contributed by atoms with van der Waals surface area (Å²) >= 11 is 0. The van der Waals surface area contributed by atoms with Gasteiger partial charge in [0.15, 0.2) is 5.76 Å². The molecular formula is C27H27N3O4. The van der Waals surface area contributed by atoms with Gasteiger partial charge in [0.1, 0.15) is 11.5 Å². The molecule has 0 saturated heterocycles. The van der Waals surface area contributed by atoms with Crippen LogP contribution in [0.2, 0.25) is 0 Å². The third-order valence-corrected chi connectivity index (χ3v) is 6.58. The number of methoxy groups -OCH3 is 1. The van der Waals surface area contributed by atoms with Crippen LogP contribution in [0, 0.1) is 6.92 Å². The van der Waals surface area contributed by atoms with Crippen molar-refractivity contribution >= 4 is 17.5 Å². The number of nitrogens with zero attached hydrogens (tertiary/aromatic N) is 2. The summed E-state index contributed by atoms with van der Waals surface area (Å²) in [6.45, 7) is 3.14. The van der Waals surface area contributed by atoms with Gasteiger partial charge in [-0.1, -0.05) is 36.4 Å². The number of hydrogen-bond donors (Lipinski definition) is 1. The van der Waals surface area contributed by atoms with Crippen molar-refractivity contribution < 1.29 is 18.7 Å². The van der Waals surface area contributed by atoms with Gasteiger partial charge >= 0.3 is 0 Å². The predicted octanol–water partition coefficient (Wildman–Crippen LogP) is 4.27. The molecule has 2 aliphatic rings. The summed E-state index contributed by atoms with van der Waals surface area (Å²) in [5.74, 6) is 1.17. The fourth-order valence-corrected chi connectivity index (χ4v) is 4.81. The molecule has 1 aliphatic heterocycles. The summed E-state index contributed by atoms with van der Waals surface area (Å²) in [5, 5.41) is 4.43. The molecule has 0 radical (unpaired) electrons. The third-order valence-electron chi connectivity index (χ3n) is 6.58. The summed E-state index contributed by atoms with van der Waals surface area (Å²) < 4.78 is 11.4. The van der Waals surface area contributed by atoms with Crippen molar-refractivity contribution in [3.05, 3.63) is 87.9 Å². The van der Waals surface area contributed by atoms with Gasteiger partial charge in [-0.3, -0.25) is 9.59 Å². The fraction of sp³-hybridized carbons (Fsp3) is 0.296. The largest absolute Gasteiger partial charge is 0.496 e. The number of hydrazone groups is 1. The minimum absolute atomic E-state index is 0.0983. The number of carbonyl (C=O) groups is 2. The van der Waals surface area contributed by atoms with Crippen molar-refractivity contribution in [2.45, 2.75) is 39.2 Å². The van der Waals surface area contributed by atoms with Gasteiger partial charge in [-0.25, -0.2) is 5.43 Å². The van der Waals surface area contributed by atoms with Gasteiger partial charge in [0.2, 0.25) is 0 Å². The number of rotatable bonds is 4. The number of ether oxygens (including phenoxy) is 1. The second kappa shape index (κ2) is 9.17. The number of fused-ring (bicyclic) bond motifs is 2. The van der Waals surface area contributed by atoms with E-state index < -0.39 is 0 Å². The minimum Gasteiger partial charge on any atom is -0.496 e. The van der Waals surface area contributed by atoms with Gasteiger partial charge in [0.25, 0.3) is 11.8 Å². The Bertz CT molecular complexity index is 1290. The highest BCUT2D eigenvalue weighted by molar-refractivity contribution is 6.07. The van der Waals surface area contributed by atoms with Crippen LogP contribution in [0.25, 0.3) is 0 Å². The van der Waals surface area contributed by atoms with Crippen molar-refractivity contribution in [2.75, 3.05) is 13.7 Å². The lowest BCUT2D eigenvalue weighted by molar-refractivity contribution is 0.0699. The highest BCUT2D eigenvalue weighted by Gasteiger charge is 2.31. The van der Waals surface area contributed by atoms with E-state index in [1.54, 1.807) is 18.2 Å². The Morgan fingerprint density at radius 3 is 2.62 bits per heavy atom. The van der Waals surface area contributed by atoms with Crippen molar-refractivity contribution in [1.82, 2.24) is 10.3 Å². The van der Waals surface area contributed by atoms with Crippen LogP contribution in [-0.2, 0) is 19.4 Å². The molecule has 7 heteroatoms. The van der Waals surface area contributed by atoms with E-state index in [4.69, 9.17) is 9.15 Å². The molecular weight excluding hydrogens is 430 g/mol. The molecule has 0 fully saturated rings. The Balaban J connectivity index is 1.39. The molecule has 2 heterocycles. The molecule has 174 valence electrons. The molecule has 2 aromatic carbocycles. The normalized spacial score (nSPS) is 16.1. The third kappa shape index (κ3) is 3.98. The number of para-hydroxylation sites is 1. The summed E-state index contributed by atoms with van der Waals surface area (Å²) in [7, 11) is 1.53. The van der Waals surface area contributed by atoms with Gasteiger partial charge in [-0.05, 0) is 49.4 Å². The van der Waals surface area contributed by atoms with Gasteiger partial charge in [0.05, 0.1) is 18.4 Å². The first-order valence-corrected chi connectivity index (χ1v) is 11.6. The van der Waals surface area contributed by atoms with Crippen LogP contribution in [0.3, 0.4) is 0 Å². The molecule has 1 aliphatic carbocycles. The molecule has 1 aromatic heterocycles. The summed E-state index contributed by atoms with van der Waals surface area (Å²) in [6, 6.07) is 15.2. The molecule has 1 N–H and O–H groups in total. The lowest BCUT2D eigenvalue weighted by Gasteiger charge is -2.28. The number of amides is 2. The van der Waals surface area contributed by atoms with Gasteiger partial charge in [0, 0.05) is 30.6 Å². The van der Waals surface area contributed by atoms with E-state index >= 15 is 0 Å². The average molecular weight is 458 g/mol. The van der Waals surface area contributed by atoms with Crippen LogP contribution in [0.4, 0.5) is 0 Å². The quantitative estimate of drug-likeness (QED) is 0.593. The smallest absolute Gasteiger partial charge is 0.290 e. The predicted molar refractivity (Wildman–Crippen MR) is 128 cm³/mol. The first-order chi connectivity index (χ1) is 16.6. The van der Waals surface area contributed by atoms with E-state index in [1.807, 2.05) is 30.0 Å².